The molecular formula is C30H23F2NO. The minimum absolute atomic E-state index is 0.302. The standard InChI is InChI=1S/C30H23F2NO/c1-19-4-17-27-20(2)33(25-13-15-26(34-3)16-14-25)30(22-7-11-24(32)12-8-22)29(28(27)18-19)21-5-9-23(31)10-6-21/h4-18H,2H2,1,3H3. The molecule has 0 unspecified atom stereocenters. The molecule has 0 aliphatic carbocycles. The Labute approximate surface area is 198 Å². The van der Waals surface area contributed by atoms with E-state index in [1.807, 2.05) is 31.2 Å². The van der Waals surface area contributed by atoms with Crippen LogP contribution < -0.4 is 9.64 Å². The fourth-order valence-corrected chi connectivity index (χ4v) is 4.42. The van der Waals surface area contributed by atoms with Gasteiger partial charge in [0.1, 0.15) is 17.4 Å². The summed E-state index contributed by atoms with van der Waals surface area (Å²) >= 11 is 0. The Morgan fingerprint density at radius 2 is 1.29 bits per heavy atom. The molecule has 0 atom stereocenters. The average molecular weight is 452 g/mol. The van der Waals surface area contributed by atoms with Gasteiger partial charge < -0.3 is 9.64 Å². The summed E-state index contributed by atoms with van der Waals surface area (Å²) < 4.78 is 33.1. The number of rotatable bonds is 4. The first-order valence-corrected chi connectivity index (χ1v) is 11.0. The van der Waals surface area contributed by atoms with Crippen LogP contribution in [0.3, 0.4) is 0 Å². The van der Waals surface area contributed by atoms with E-state index in [1.165, 1.54) is 24.3 Å². The summed E-state index contributed by atoms with van der Waals surface area (Å²) in [7, 11) is 1.63. The van der Waals surface area contributed by atoms with Crippen molar-refractivity contribution in [2.45, 2.75) is 6.92 Å². The molecule has 4 aromatic rings. The lowest BCUT2D eigenvalue weighted by Crippen LogP contribution is -2.25. The van der Waals surface area contributed by atoms with E-state index in [4.69, 9.17) is 4.74 Å². The van der Waals surface area contributed by atoms with Crippen LogP contribution in [0.25, 0.3) is 17.0 Å². The van der Waals surface area contributed by atoms with Crippen molar-refractivity contribution in [3.05, 3.63) is 137 Å². The van der Waals surface area contributed by atoms with E-state index < -0.39 is 0 Å². The zero-order chi connectivity index (χ0) is 23.8. The fourth-order valence-electron chi connectivity index (χ4n) is 4.42. The Morgan fingerprint density at radius 3 is 1.88 bits per heavy atom. The summed E-state index contributed by atoms with van der Waals surface area (Å²) in [6.07, 6.45) is 0. The molecule has 0 bridgehead atoms. The van der Waals surface area contributed by atoms with Crippen LogP contribution in [-0.4, -0.2) is 7.11 Å². The molecule has 5 rings (SSSR count). The normalized spacial score (nSPS) is 13.2. The molecule has 2 nitrogen and oxygen atoms in total. The lowest BCUT2D eigenvalue weighted by atomic mass is 9.84. The number of aryl methyl sites for hydroxylation is 1. The smallest absolute Gasteiger partial charge is 0.123 e. The van der Waals surface area contributed by atoms with Gasteiger partial charge in [0.25, 0.3) is 0 Å². The van der Waals surface area contributed by atoms with Crippen LogP contribution in [0.2, 0.25) is 0 Å². The van der Waals surface area contributed by atoms with Gasteiger partial charge in [-0.1, -0.05) is 42.5 Å². The number of anilines is 1. The molecule has 0 radical (unpaired) electrons. The number of fused-ring (bicyclic) bond motifs is 1. The highest BCUT2D eigenvalue weighted by Crippen LogP contribution is 2.47. The highest BCUT2D eigenvalue weighted by Gasteiger charge is 2.31. The van der Waals surface area contributed by atoms with Gasteiger partial charge in [-0.3, -0.25) is 0 Å². The predicted octanol–water partition coefficient (Wildman–Crippen LogP) is 7.69. The number of hydrogen-bond donors (Lipinski definition) is 0. The van der Waals surface area contributed by atoms with E-state index in [-0.39, 0.29) is 11.6 Å². The van der Waals surface area contributed by atoms with Crippen LogP contribution in [0, 0.1) is 18.6 Å². The van der Waals surface area contributed by atoms with Crippen molar-refractivity contribution in [1.29, 1.82) is 0 Å². The molecule has 34 heavy (non-hydrogen) atoms. The van der Waals surface area contributed by atoms with Crippen LogP contribution in [0.15, 0.2) is 97.6 Å². The first-order valence-electron chi connectivity index (χ1n) is 11.0. The molecule has 0 saturated carbocycles. The van der Waals surface area contributed by atoms with Crippen molar-refractivity contribution < 1.29 is 13.5 Å². The third kappa shape index (κ3) is 3.77. The second-order valence-electron chi connectivity index (χ2n) is 8.27. The lowest BCUT2D eigenvalue weighted by Gasteiger charge is -2.37. The third-order valence-corrected chi connectivity index (χ3v) is 6.07. The van der Waals surface area contributed by atoms with Gasteiger partial charge in [-0.05, 0) is 84.3 Å². The lowest BCUT2D eigenvalue weighted by molar-refractivity contribution is 0.415. The van der Waals surface area contributed by atoms with Crippen LogP contribution in [0.5, 0.6) is 5.75 Å². The van der Waals surface area contributed by atoms with Gasteiger partial charge in [0.05, 0.1) is 12.8 Å². The molecule has 0 spiro atoms. The number of hydrogen-bond acceptors (Lipinski definition) is 2. The number of ether oxygens (including phenoxy) is 1. The quantitative estimate of drug-likeness (QED) is 0.315. The molecule has 4 aromatic carbocycles. The van der Waals surface area contributed by atoms with E-state index in [1.54, 1.807) is 31.4 Å². The van der Waals surface area contributed by atoms with Gasteiger partial charge in [0, 0.05) is 22.5 Å². The summed E-state index contributed by atoms with van der Waals surface area (Å²) in [6, 6.07) is 26.9. The Hall–Kier alpha value is -4.18. The predicted molar refractivity (Wildman–Crippen MR) is 134 cm³/mol. The van der Waals surface area contributed by atoms with Crippen molar-refractivity contribution >= 4 is 22.7 Å². The maximum absolute atomic E-state index is 13.9. The van der Waals surface area contributed by atoms with Crippen LogP contribution in [0.4, 0.5) is 14.5 Å². The second-order valence-corrected chi connectivity index (χ2v) is 8.27. The average Bonchev–Trinajstić information content (AvgIpc) is 2.85. The van der Waals surface area contributed by atoms with E-state index in [0.717, 1.165) is 56.2 Å². The minimum atomic E-state index is -0.311. The van der Waals surface area contributed by atoms with Crippen molar-refractivity contribution in [1.82, 2.24) is 0 Å². The van der Waals surface area contributed by atoms with Crippen molar-refractivity contribution in [3.8, 4) is 5.75 Å². The van der Waals surface area contributed by atoms with E-state index >= 15 is 0 Å². The number of nitrogens with zero attached hydrogens (tertiary/aromatic N) is 1. The minimum Gasteiger partial charge on any atom is -0.497 e. The van der Waals surface area contributed by atoms with Crippen LogP contribution >= 0.6 is 0 Å². The summed E-state index contributed by atoms with van der Waals surface area (Å²) in [5.41, 5.74) is 8.22. The number of methoxy groups -OCH3 is 1. The van der Waals surface area contributed by atoms with E-state index in [0.29, 0.717) is 0 Å². The topological polar surface area (TPSA) is 12.5 Å². The van der Waals surface area contributed by atoms with Gasteiger partial charge in [-0.15, -0.1) is 0 Å². The van der Waals surface area contributed by atoms with Crippen molar-refractivity contribution in [2.24, 2.45) is 0 Å². The molecule has 1 aliphatic rings. The maximum atomic E-state index is 13.9. The zero-order valence-electron chi connectivity index (χ0n) is 19.0. The Morgan fingerprint density at radius 1 is 0.706 bits per heavy atom. The van der Waals surface area contributed by atoms with Gasteiger partial charge in [0.15, 0.2) is 0 Å². The van der Waals surface area contributed by atoms with Crippen molar-refractivity contribution in [3.63, 3.8) is 0 Å². The Kier molecular flexibility index (Phi) is 5.50. The van der Waals surface area contributed by atoms with E-state index in [2.05, 4.69) is 29.7 Å². The van der Waals surface area contributed by atoms with Crippen LogP contribution in [0.1, 0.15) is 27.8 Å². The van der Waals surface area contributed by atoms with Gasteiger partial charge in [0.2, 0.25) is 0 Å². The molecule has 4 heteroatoms. The van der Waals surface area contributed by atoms with E-state index in [9.17, 15) is 8.78 Å². The monoisotopic (exact) mass is 451 g/mol. The summed E-state index contributed by atoms with van der Waals surface area (Å²) in [4.78, 5) is 2.07. The largest absolute Gasteiger partial charge is 0.497 e. The molecule has 0 aromatic heterocycles. The molecular weight excluding hydrogens is 428 g/mol. The first kappa shape index (κ1) is 21.7. The van der Waals surface area contributed by atoms with Gasteiger partial charge in [-0.25, -0.2) is 8.78 Å². The molecule has 0 amide bonds. The summed E-state index contributed by atoms with van der Waals surface area (Å²) in [5.74, 6) is 0.132. The summed E-state index contributed by atoms with van der Waals surface area (Å²) in [6.45, 7) is 6.49. The molecule has 1 heterocycles. The Bertz CT molecular complexity index is 1400. The molecule has 0 saturated heterocycles. The molecule has 1 aliphatic heterocycles. The fraction of sp³-hybridized carbons (Fsp3) is 0.0667. The molecule has 0 N–H and O–H groups in total. The van der Waals surface area contributed by atoms with Crippen LogP contribution in [-0.2, 0) is 0 Å². The SMILES string of the molecule is C=C1c2ccc(C)cc2C(c2ccc(F)cc2)=C(c2ccc(F)cc2)N1c1ccc(OC)cc1. The van der Waals surface area contributed by atoms with Crippen molar-refractivity contribution in [2.75, 3.05) is 12.0 Å². The molecule has 0 fully saturated rings. The second kappa shape index (κ2) is 8.64. The number of halogens is 2. The Balaban J connectivity index is 1.87. The number of benzene rings is 4. The third-order valence-electron chi connectivity index (χ3n) is 6.07. The zero-order valence-corrected chi connectivity index (χ0v) is 19.0. The highest BCUT2D eigenvalue weighted by molar-refractivity contribution is 6.14. The highest BCUT2D eigenvalue weighted by atomic mass is 19.1. The van der Waals surface area contributed by atoms with Gasteiger partial charge >= 0.3 is 0 Å². The maximum Gasteiger partial charge on any atom is 0.123 e. The van der Waals surface area contributed by atoms with Gasteiger partial charge in [-0.2, -0.15) is 0 Å². The first-order chi connectivity index (χ1) is 16.5. The summed E-state index contributed by atoms with van der Waals surface area (Å²) in [5, 5.41) is 0. The molecule has 168 valence electrons.